The van der Waals surface area contributed by atoms with Crippen molar-refractivity contribution < 1.29 is 9.18 Å². The van der Waals surface area contributed by atoms with Crippen molar-refractivity contribution in [1.82, 2.24) is 14.9 Å². The van der Waals surface area contributed by atoms with Crippen molar-refractivity contribution in [3.8, 4) is 0 Å². The molecule has 0 aliphatic rings. The van der Waals surface area contributed by atoms with Crippen LogP contribution < -0.4 is 5.32 Å². The van der Waals surface area contributed by atoms with Gasteiger partial charge in [0.1, 0.15) is 11.6 Å². The third-order valence-electron chi connectivity index (χ3n) is 4.21. The zero-order valence-electron chi connectivity index (χ0n) is 14.8. The van der Waals surface area contributed by atoms with Gasteiger partial charge >= 0.3 is 0 Å². The number of allylic oxidation sites excluding steroid dienone is 1. The SMILES string of the molecule is C/C=C\C(=O)NCCCc1nc2ccccc2n1Cc1ccccc1F. The number of nitrogens with zero attached hydrogens (tertiary/aromatic N) is 2. The van der Waals surface area contributed by atoms with E-state index in [1.165, 1.54) is 12.1 Å². The van der Waals surface area contributed by atoms with Gasteiger partial charge in [0.05, 0.1) is 17.6 Å². The number of fused-ring (bicyclic) bond motifs is 1. The summed E-state index contributed by atoms with van der Waals surface area (Å²) in [6, 6.07) is 14.7. The number of hydrogen-bond acceptors (Lipinski definition) is 2. The fraction of sp³-hybridized carbons (Fsp3) is 0.238. The molecule has 0 radical (unpaired) electrons. The number of rotatable bonds is 7. The van der Waals surface area contributed by atoms with Gasteiger partial charge in [0.2, 0.25) is 5.91 Å². The van der Waals surface area contributed by atoms with Gasteiger partial charge < -0.3 is 9.88 Å². The van der Waals surface area contributed by atoms with Crippen LogP contribution >= 0.6 is 0 Å². The van der Waals surface area contributed by atoms with Crippen LogP contribution in [0.1, 0.15) is 24.7 Å². The van der Waals surface area contributed by atoms with Crippen LogP contribution in [-0.2, 0) is 17.8 Å². The average molecular weight is 351 g/mol. The average Bonchev–Trinajstić information content (AvgIpc) is 2.98. The molecule has 2 aromatic carbocycles. The van der Waals surface area contributed by atoms with E-state index in [1.807, 2.05) is 37.3 Å². The minimum Gasteiger partial charge on any atom is -0.353 e. The lowest BCUT2D eigenvalue weighted by molar-refractivity contribution is -0.116. The van der Waals surface area contributed by atoms with E-state index in [9.17, 15) is 9.18 Å². The summed E-state index contributed by atoms with van der Waals surface area (Å²) < 4.78 is 16.2. The number of imidazole rings is 1. The molecule has 1 amide bonds. The van der Waals surface area contributed by atoms with E-state index >= 15 is 0 Å². The lowest BCUT2D eigenvalue weighted by Crippen LogP contribution is -2.22. The standard InChI is InChI=1S/C21H22FN3O/c1-2-8-21(26)23-14-7-13-20-24-18-11-5-6-12-19(18)25(20)15-16-9-3-4-10-17(16)22/h2-6,8-12H,7,13-15H2,1H3,(H,23,26)/b8-2-. The molecule has 0 aliphatic carbocycles. The normalized spacial score (nSPS) is 11.3. The van der Waals surface area contributed by atoms with Crippen LogP contribution in [-0.4, -0.2) is 22.0 Å². The molecule has 0 bridgehead atoms. The minimum atomic E-state index is -0.213. The Balaban J connectivity index is 1.79. The summed E-state index contributed by atoms with van der Waals surface area (Å²) in [7, 11) is 0. The molecule has 4 nitrogen and oxygen atoms in total. The van der Waals surface area contributed by atoms with Crippen LogP contribution in [0.15, 0.2) is 60.7 Å². The number of hydrogen-bond donors (Lipinski definition) is 1. The highest BCUT2D eigenvalue weighted by Crippen LogP contribution is 2.20. The van der Waals surface area contributed by atoms with Crippen LogP contribution in [0.3, 0.4) is 0 Å². The molecule has 0 unspecified atom stereocenters. The van der Waals surface area contributed by atoms with Crippen LogP contribution in [0.5, 0.6) is 0 Å². The van der Waals surface area contributed by atoms with E-state index in [1.54, 1.807) is 18.2 Å². The smallest absolute Gasteiger partial charge is 0.243 e. The highest BCUT2D eigenvalue weighted by Gasteiger charge is 2.12. The molecule has 0 fully saturated rings. The number of amides is 1. The Morgan fingerprint density at radius 3 is 2.77 bits per heavy atom. The number of benzene rings is 2. The molecular formula is C21H22FN3O. The lowest BCUT2D eigenvalue weighted by atomic mass is 10.2. The highest BCUT2D eigenvalue weighted by molar-refractivity contribution is 5.87. The number of aromatic nitrogens is 2. The quantitative estimate of drug-likeness (QED) is 0.519. The number of carbonyl (C=O) groups is 1. The molecule has 1 heterocycles. The lowest BCUT2D eigenvalue weighted by Gasteiger charge is -2.10. The van der Waals surface area contributed by atoms with Gasteiger partial charge in [-0.05, 0) is 37.6 Å². The van der Waals surface area contributed by atoms with Crippen molar-refractivity contribution >= 4 is 16.9 Å². The topological polar surface area (TPSA) is 46.9 Å². The predicted octanol–water partition coefficient (Wildman–Crippen LogP) is 3.85. The molecule has 26 heavy (non-hydrogen) atoms. The van der Waals surface area contributed by atoms with Crippen molar-refractivity contribution in [2.24, 2.45) is 0 Å². The van der Waals surface area contributed by atoms with E-state index in [4.69, 9.17) is 4.98 Å². The summed E-state index contributed by atoms with van der Waals surface area (Å²) in [4.78, 5) is 16.2. The fourth-order valence-electron chi connectivity index (χ4n) is 2.96. The summed E-state index contributed by atoms with van der Waals surface area (Å²) in [6.07, 6.45) is 4.69. The van der Waals surface area contributed by atoms with Crippen LogP contribution in [0, 0.1) is 5.82 Å². The number of aryl methyl sites for hydroxylation is 1. The van der Waals surface area contributed by atoms with Gasteiger partial charge in [-0.15, -0.1) is 0 Å². The van der Waals surface area contributed by atoms with Crippen LogP contribution in [0.2, 0.25) is 0 Å². The summed E-state index contributed by atoms with van der Waals surface area (Å²) in [5.74, 6) is 0.594. The third-order valence-corrected chi connectivity index (χ3v) is 4.21. The summed E-state index contributed by atoms with van der Waals surface area (Å²) >= 11 is 0. The zero-order valence-corrected chi connectivity index (χ0v) is 14.8. The molecule has 0 saturated carbocycles. The fourth-order valence-corrected chi connectivity index (χ4v) is 2.96. The Bertz CT molecular complexity index is 930. The third kappa shape index (κ3) is 4.17. The Hall–Kier alpha value is -2.95. The maximum Gasteiger partial charge on any atom is 0.243 e. The molecule has 0 atom stereocenters. The number of carbonyl (C=O) groups excluding carboxylic acids is 1. The molecule has 1 N–H and O–H groups in total. The van der Waals surface area contributed by atoms with Gasteiger partial charge in [-0.2, -0.15) is 0 Å². The Labute approximate surface area is 152 Å². The van der Waals surface area contributed by atoms with Gasteiger partial charge in [-0.1, -0.05) is 36.4 Å². The van der Waals surface area contributed by atoms with Crippen molar-refractivity contribution in [3.63, 3.8) is 0 Å². The first-order valence-electron chi connectivity index (χ1n) is 8.77. The second-order valence-electron chi connectivity index (χ2n) is 6.09. The summed E-state index contributed by atoms with van der Waals surface area (Å²) in [6.45, 7) is 2.82. The summed E-state index contributed by atoms with van der Waals surface area (Å²) in [5, 5.41) is 2.84. The van der Waals surface area contributed by atoms with Crippen LogP contribution in [0.25, 0.3) is 11.0 Å². The molecule has 3 rings (SSSR count). The first-order chi connectivity index (χ1) is 12.7. The number of nitrogens with one attached hydrogen (secondary N) is 1. The second-order valence-corrected chi connectivity index (χ2v) is 6.09. The van der Waals surface area contributed by atoms with E-state index in [0.717, 1.165) is 23.3 Å². The molecule has 0 aliphatic heterocycles. The molecule has 1 aromatic heterocycles. The maximum absolute atomic E-state index is 14.1. The van der Waals surface area contributed by atoms with Crippen molar-refractivity contribution in [2.75, 3.05) is 6.54 Å². The molecule has 0 spiro atoms. The van der Waals surface area contributed by atoms with E-state index in [2.05, 4.69) is 9.88 Å². The number of halogens is 1. The zero-order chi connectivity index (χ0) is 18.4. The van der Waals surface area contributed by atoms with E-state index in [-0.39, 0.29) is 11.7 Å². The largest absolute Gasteiger partial charge is 0.353 e. The van der Waals surface area contributed by atoms with Gasteiger partial charge in [-0.3, -0.25) is 4.79 Å². The van der Waals surface area contributed by atoms with E-state index in [0.29, 0.717) is 25.1 Å². The highest BCUT2D eigenvalue weighted by atomic mass is 19.1. The first-order valence-corrected chi connectivity index (χ1v) is 8.77. The molecule has 3 aromatic rings. The van der Waals surface area contributed by atoms with Gasteiger partial charge in [-0.25, -0.2) is 9.37 Å². The summed E-state index contributed by atoms with van der Waals surface area (Å²) in [5.41, 5.74) is 2.53. The molecule has 0 saturated heterocycles. The maximum atomic E-state index is 14.1. The minimum absolute atomic E-state index is 0.0904. The first kappa shape index (κ1) is 17.9. The Morgan fingerprint density at radius 1 is 1.19 bits per heavy atom. The predicted molar refractivity (Wildman–Crippen MR) is 101 cm³/mol. The monoisotopic (exact) mass is 351 g/mol. The Morgan fingerprint density at radius 2 is 1.96 bits per heavy atom. The van der Waals surface area contributed by atoms with Crippen molar-refractivity contribution in [3.05, 3.63) is 77.9 Å². The van der Waals surface area contributed by atoms with Gasteiger partial charge in [0.15, 0.2) is 0 Å². The second kappa shape index (κ2) is 8.43. The van der Waals surface area contributed by atoms with Gasteiger partial charge in [0, 0.05) is 18.5 Å². The van der Waals surface area contributed by atoms with E-state index < -0.39 is 0 Å². The number of para-hydroxylation sites is 2. The van der Waals surface area contributed by atoms with Crippen LogP contribution in [0.4, 0.5) is 4.39 Å². The molecule has 5 heteroatoms. The van der Waals surface area contributed by atoms with Crippen molar-refractivity contribution in [1.29, 1.82) is 0 Å². The van der Waals surface area contributed by atoms with Crippen molar-refractivity contribution in [2.45, 2.75) is 26.3 Å². The van der Waals surface area contributed by atoms with Gasteiger partial charge in [0.25, 0.3) is 0 Å². The molecule has 134 valence electrons. The molecular weight excluding hydrogens is 329 g/mol. The Kier molecular flexibility index (Phi) is 5.79.